The minimum atomic E-state index is -0.144. The number of hydrogen-bond acceptors (Lipinski definition) is 5. The van der Waals surface area contributed by atoms with E-state index in [1.807, 2.05) is 42.5 Å². The van der Waals surface area contributed by atoms with E-state index in [0.29, 0.717) is 25.3 Å². The van der Waals surface area contributed by atoms with Crippen LogP contribution in [-0.4, -0.2) is 61.0 Å². The number of amides is 1. The largest absolute Gasteiger partial charge is 0.497 e. The van der Waals surface area contributed by atoms with E-state index in [1.165, 1.54) is 0 Å². The first-order chi connectivity index (χ1) is 14.8. The molecule has 30 heavy (non-hydrogen) atoms. The molecular formula is C23H26N4O3. The zero-order valence-corrected chi connectivity index (χ0v) is 17.0. The van der Waals surface area contributed by atoms with Gasteiger partial charge in [-0.2, -0.15) is 5.10 Å². The fourth-order valence-electron chi connectivity index (χ4n) is 3.74. The number of nitrogens with zero attached hydrogens (tertiary/aromatic N) is 2. The Bertz CT molecular complexity index is 950. The Hall–Kier alpha value is -3.16. The molecule has 7 nitrogen and oxygen atoms in total. The average Bonchev–Trinajstić information content (AvgIpc) is 3.31. The molecule has 0 radical (unpaired) electrons. The summed E-state index contributed by atoms with van der Waals surface area (Å²) in [6.07, 6.45) is 1.58. The van der Waals surface area contributed by atoms with Gasteiger partial charge in [-0.05, 0) is 17.7 Å². The van der Waals surface area contributed by atoms with Crippen molar-refractivity contribution in [1.29, 1.82) is 0 Å². The van der Waals surface area contributed by atoms with Crippen LogP contribution in [0, 0.1) is 0 Å². The van der Waals surface area contributed by atoms with E-state index in [1.54, 1.807) is 13.3 Å². The highest BCUT2D eigenvalue weighted by Crippen LogP contribution is 2.25. The van der Waals surface area contributed by atoms with E-state index in [2.05, 4.69) is 32.5 Å². The van der Waals surface area contributed by atoms with Crippen LogP contribution in [0.2, 0.25) is 0 Å². The first-order valence-corrected chi connectivity index (χ1v) is 10.1. The van der Waals surface area contributed by atoms with Crippen LogP contribution in [0.1, 0.15) is 22.0 Å². The molecule has 7 heteroatoms. The Morgan fingerprint density at radius 3 is 2.60 bits per heavy atom. The molecule has 0 spiro atoms. The Balaban J connectivity index is 1.51. The minimum Gasteiger partial charge on any atom is -0.497 e. The number of H-pyrrole nitrogens is 1. The molecule has 3 aromatic rings. The van der Waals surface area contributed by atoms with E-state index in [4.69, 9.17) is 9.47 Å². The number of aromatic nitrogens is 2. The number of ether oxygens (including phenoxy) is 2. The molecule has 1 aliphatic rings. The second kappa shape index (κ2) is 9.56. The molecule has 0 aliphatic carbocycles. The van der Waals surface area contributed by atoms with Gasteiger partial charge in [0.05, 0.1) is 43.8 Å². The van der Waals surface area contributed by atoms with Gasteiger partial charge in [0.1, 0.15) is 5.75 Å². The van der Waals surface area contributed by atoms with Crippen molar-refractivity contribution in [2.75, 3.05) is 40.0 Å². The number of carbonyl (C=O) groups excluding carboxylic acids is 1. The Morgan fingerprint density at radius 1 is 1.17 bits per heavy atom. The van der Waals surface area contributed by atoms with Gasteiger partial charge in [-0.25, -0.2) is 0 Å². The van der Waals surface area contributed by atoms with Gasteiger partial charge in [0, 0.05) is 25.2 Å². The van der Waals surface area contributed by atoms with Gasteiger partial charge in [-0.1, -0.05) is 42.5 Å². The lowest BCUT2D eigenvalue weighted by Gasteiger charge is -2.35. The minimum absolute atomic E-state index is 0.0517. The highest BCUT2D eigenvalue weighted by molar-refractivity contribution is 5.99. The number of nitrogens with one attached hydrogen (secondary N) is 2. The smallest absolute Gasteiger partial charge is 0.255 e. The summed E-state index contributed by atoms with van der Waals surface area (Å²) in [4.78, 5) is 15.3. The van der Waals surface area contributed by atoms with Crippen molar-refractivity contribution in [3.63, 3.8) is 0 Å². The van der Waals surface area contributed by atoms with Gasteiger partial charge >= 0.3 is 0 Å². The number of aromatic amines is 1. The van der Waals surface area contributed by atoms with Gasteiger partial charge in [0.2, 0.25) is 0 Å². The third-order valence-corrected chi connectivity index (χ3v) is 5.39. The first kappa shape index (κ1) is 20.1. The fourth-order valence-corrected chi connectivity index (χ4v) is 3.74. The van der Waals surface area contributed by atoms with Gasteiger partial charge in [0.15, 0.2) is 0 Å². The molecule has 1 saturated heterocycles. The first-order valence-electron chi connectivity index (χ1n) is 10.1. The lowest BCUT2D eigenvalue weighted by Crippen LogP contribution is -2.43. The Morgan fingerprint density at radius 2 is 1.90 bits per heavy atom. The quantitative estimate of drug-likeness (QED) is 0.631. The number of rotatable bonds is 7. The molecule has 2 N–H and O–H groups in total. The standard InChI is InChI=1S/C23H26N4O3/c1-29-19-9-7-17(8-10-19)21(27-11-13-30-14-12-27)16-24-23(28)20-15-25-26-22(20)18-5-3-2-4-6-18/h2-10,15,21H,11-14,16H2,1H3,(H,24,28)(H,25,26)/t21-/m0/s1. The summed E-state index contributed by atoms with van der Waals surface area (Å²) >= 11 is 0. The summed E-state index contributed by atoms with van der Waals surface area (Å²) in [6.45, 7) is 3.53. The third-order valence-electron chi connectivity index (χ3n) is 5.39. The predicted octanol–water partition coefficient (Wildman–Crippen LogP) is 2.89. The number of methoxy groups -OCH3 is 1. The molecule has 2 heterocycles. The van der Waals surface area contributed by atoms with Gasteiger partial charge in [-0.3, -0.25) is 14.8 Å². The van der Waals surface area contributed by atoms with Crippen LogP contribution in [0.4, 0.5) is 0 Å². The predicted molar refractivity (Wildman–Crippen MR) is 114 cm³/mol. The van der Waals surface area contributed by atoms with Crippen LogP contribution < -0.4 is 10.1 Å². The molecule has 1 fully saturated rings. The fraction of sp³-hybridized carbons (Fsp3) is 0.304. The molecule has 0 saturated carbocycles. The molecule has 1 aromatic heterocycles. The lowest BCUT2D eigenvalue weighted by atomic mass is 10.0. The second-order valence-electron chi connectivity index (χ2n) is 7.17. The SMILES string of the molecule is COc1ccc([C@H](CNC(=O)c2cn[nH]c2-c2ccccc2)N2CCOCC2)cc1. The average molecular weight is 406 g/mol. The molecule has 2 aromatic carbocycles. The molecule has 156 valence electrons. The summed E-state index contributed by atoms with van der Waals surface area (Å²) in [5, 5.41) is 10.1. The van der Waals surface area contributed by atoms with Crippen LogP contribution in [0.3, 0.4) is 0 Å². The van der Waals surface area contributed by atoms with Crippen molar-refractivity contribution in [2.24, 2.45) is 0 Å². The molecule has 0 bridgehead atoms. The van der Waals surface area contributed by atoms with Crippen LogP contribution in [0.15, 0.2) is 60.8 Å². The molecule has 1 atom stereocenters. The van der Waals surface area contributed by atoms with E-state index in [-0.39, 0.29) is 11.9 Å². The summed E-state index contributed by atoms with van der Waals surface area (Å²) in [5.41, 5.74) is 3.32. The summed E-state index contributed by atoms with van der Waals surface area (Å²) in [6, 6.07) is 17.8. The van der Waals surface area contributed by atoms with Crippen LogP contribution >= 0.6 is 0 Å². The maximum atomic E-state index is 13.0. The van der Waals surface area contributed by atoms with Crippen molar-refractivity contribution in [3.05, 3.63) is 71.9 Å². The number of hydrogen-bond donors (Lipinski definition) is 2. The van der Waals surface area contributed by atoms with Crippen molar-refractivity contribution < 1.29 is 14.3 Å². The maximum Gasteiger partial charge on any atom is 0.255 e. The molecular weight excluding hydrogens is 380 g/mol. The van der Waals surface area contributed by atoms with E-state index in [9.17, 15) is 4.79 Å². The highest BCUT2D eigenvalue weighted by Gasteiger charge is 2.24. The van der Waals surface area contributed by atoms with Crippen LogP contribution in [-0.2, 0) is 4.74 Å². The van der Waals surface area contributed by atoms with Gasteiger partial charge < -0.3 is 14.8 Å². The van der Waals surface area contributed by atoms with Crippen LogP contribution in [0.25, 0.3) is 11.3 Å². The second-order valence-corrected chi connectivity index (χ2v) is 7.17. The van der Waals surface area contributed by atoms with E-state index < -0.39 is 0 Å². The number of carbonyl (C=O) groups is 1. The third kappa shape index (κ3) is 4.53. The highest BCUT2D eigenvalue weighted by atomic mass is 16.5. The molecule has 1 amide bonds. The maximum absolute atomic E-state index is 13.0. The molecule has 1 aliphatic heterocycles. The zero-order chi connectivity index (χ0) is 20.8. The Labute approximate surface area is 176 Å². The van der Waals surface area contributed by atoms with E-state index in [0.717, 1.165) is 35.7 Å². The lowest BCUT2D eigenvalue weighted by molar-refractivity contribution is 0.0162. The zero-order valence-electron chi connectivity index (χ0n) is 17.0. The summed E-state index contributed by atoms with van der Waals surface area (Å²) in [7, 11) is 1.66. The van der Waals surface area contributed by atoms with Gasteiger partial charge in [-0.15, -0.1) is 0 Å². The Kier molecular flexibility index (Phi) is 6.41. The molecule has 4 rings (SSSR count). The number of benzene rings is 2. The van der Waals surface area contributed by atoms with Crippen LogP contribution in [0.5, 0.6) is 5.75 Å². The summed E-state index contributed by atoms with van der Waals surface area (Å²) < 4.78 is 10.8. The van der Waals surface area contributed by atoms with Crippen molar-refractivity contribution >= 4 is 5.91 Å². The molecule has 0 unspecified atom stereocenters. The number of morpholine rings is 1. The topological polar surface area (TPSA) is 79.5 Å². The van der Waals surface area contributed by atoms with Crippen molar-refractivity contribution in [2.45, 2.75) is 6.04 Å². The van der Waals surface area contributed by atoms with Crippen molar-refractivity contribution in [3.8, 4) is 17.0 Å². The van der Waals surface area contributed by atoms with Crippen molar-refractivity contribution in [1.82, 2.24) is 20.4 Å². The summed E-state index contributed by atoms with van der Waals surface area (Å²) in [5.74, 6) is 0.670. The normalized spacial score (nSPS) is 15.5. The monoisotopic (exact) mass is 406 g/mol. The van der Waals surface area contributed by atoms with Gasteiger partial charge in [0.25, 0.3) is 5.91 Å². The van der Waals surface area contributed by atoms with E-state index >= 15 is 0 Å².